The Labute approximate surface area is 118 Å². The third-order valence-electron chi connectivity index (χ3n) is 3.53. The van der Waals surface area contributed by atoms with Gasteiger partial charge in [-0.05, 0) is 54.3 Å². The normalized spacial score (nSPS) is 12.2. The van der Waals surface area contributed by atoms with Crippen molar-refractivity contribution >= 4 is 0 Å². The minimum Gasteiger partial charge on any atom is -0.496 e. The van der Waals surface area contributed by atoms with Gasteiger partial charge in [0.25, 0.3) is 0 Å². The number of aryl methyl sites for hydroxylation is 2. The van der Waals surface area contributed by atoms with Crippen molar-refractivity contribution in [1.82, 2.24) is 0 Å². The van der Waals surface area contributed by atoms with E-state index in [-0.39, 0.29) is 5.82 Å². The van der Waals surface area contributed by atoms with Gasteiger partial charge in [0.1, 0.15) is 11.6 Å². The lowest BCUT2D eigenvalue weighted by atomic mass is 9.97. The smallest absolute Gasteiger partial charge is 0.123 e. The van der Waals surface area contributed by atoms with Gasteiger partial charge in [0.15, 0.2) is 0 Å². The standard InChI is InChI=1S/C17H19FO2/c1-11-4-5-14(10-17(11)20-3)16(19)9-13-6-7-15(18)8-12(13)2/h4-8,10,16,19H,9H2,1-3H3. The SMILES string of the molecule is COc1cc(C(O)Cc2ccc(F)cc2C)ccc1C. The molecular weight excluding hydrogens is 255 g/mol. The van der Waals surface area contributed by atoms with Crippen molar-refractivity contribution in [3.63, 3.8) is 0 Å². The number of aliphatic hydroxyl groups excluding tert-OH is 1. The van der Waals surface area contributed by atoms with Gasteiger partial charge in [0.05, 0.1) is 13.2 Å². The van der Waals surface area contributed by atoms with Crippen LogP contribution in [-0.2, 0) is 6.42 Å². The Balaban J connectivity index is 2.21. The van der Waals surface area contributed by atoms with Gasteiger partial charge in [-0.2, -0.15) is 0 Å². The van der Waals surface area contributed by atoms with Gasteiger partial charge in [-0.1, -0.05) is 18.2 Å². The summed E-state index contributed by atoms with van der Waals surface area (Å²) >= 11 is 0. The lowest BCUT2D eigenvalue weighted by Crippen LogP contribution is -2.04. The summed E-state index contributed by atoms with van der Waals surface area (Å²) in [6, 6.07) is 10.3. The molecule has 0 aliphatic rings. The van der Waals surface area contributed by atoms with Crippen LogP contribution in [0.5, 0.6) is 5.75 Å². The first-order chi connectivity index (χ1) is 9.51. The van der Waals surface area contributed by atoms with E-state index in [4.69, 9.17) is 4.74 Å². The van der Waals surface area contributed by atoms with Gasteiger partial charge in [0, 0.05) is 6.42 Å². The Bertz CT molecular complexity index is 608. The highest BCUT2D eigenvalue weighted by atomic mass is 19.1. The number of ether oxygens (including phenoxy) is 1. The minimum atomic E-state index is -0.631. The predicted octanol–water partition coefficient (Wildman–Crippen LogP) is 3.73. The zero-order chi connectivity index (χ0) is 14.7. The maximum atomic E-state index is 13.1. The number of rotatable bonds is 4. The average Bonchev–Trinajstić information content (AvgIpc) is 2.42. The van der Waals surface area contributed by atoms with Crippen LogP contribution >= 0.6 is 0 Å². The molecule has 0 aliphatic carbocycles. The van der Waals surface area contributed by atoms with Crippen molar-refractivity contribution in [3.8, 4) is 5.75 Å². The third kappa shape index (κ3) is 3.17. The summed E-state index contributed by atoms with van der Waals surface area (Å²) in [5.74, 6) is 0.509. The first-order valence-corrected chi connectivity index (χ1v) is 6.59. The van der Waals surface area contributed by atoms with Crippen molar-refractivity contribution in [3.05, 3.63) is 64.5 Å². The molecular formula is C17H19FO2. The highest BCUT2D eigenvalue weighted by Gasteiger charge is 2.12. The van der Waals surface area contributed by atoms with E-state index in [0.29, 0.717) is 6.42 Å². The zero-order valence-electron chi connectivity index (χ0n) is 12.0. The summed E-state index contributed by atoms with van der Waals surface area (Å²) in [6.07, 6.45) is -0.174. The van der Waals surface area contributed by atoms with Gasteiger partial charge in [-0.25, -0.2) is 4.39 Å². The molecule has 1 N–H and O–H groups in total. The Morgan fingerprint density at radius 2 is 1.85 bits per heavy atom. The van der Waals surface area contributed by atoms with E-state index in [1.165, 1.54) is 12.1 Å². The number of methoxy groups -OCH3 is 1. The maximum Gasteiger partial charge on any atom is 0.123 e. The average molecular weight is 274 g/mol. The molecule has 2 aromatic carbocycles. The molecule has 0 aliphatic heterocycles. The molecule has 20 heavy (non-hydrogen) atoms. The van der Waals surface area contributed by atoms with E-state index >= 15 is 0 Å². The summed E-state index contributed by atoms with van der Waals surface area (Å²) in [5, 5.41) is 10.3. The first-order valence-electron chi connectivity index (χ1n) is 6.59. The molecule has 0 spiro atoms. The molecule has 1 atom stereocenters. The molecule has 0 aromatic heterocycles. The van der Waals surface area contributed by atoms with Crippen LogP contribution < -0.4 is 4.74 Å². The van der Waals surface area contributed by atoms with Gasteiger partial charge < -0.3 is 9.84 Å². The van der Waals surface area contributed by atoms with Crippen molar-refractivity contribution < 1.29 is 14.2 Å². The zero-order valence-corrected chi connectivity index (χ0v) is 12.0. The summed E-state index contributed by atoms with van der Waals surface area (Å²) in [6.45, 7) is 3.81. The molecule has 0 radical (unpaired) electrons. The Morgan fingerprint density at radius 1 is 1.10 bits per heavy atom. The first kappa shape index (κ1) is 14.5. The van der Waals surface area contributed by atoms with Crippen molar-refractivity contribution in [2.75, 3.05) is 7.11 Å². The van der Waals surface area contributed by atoms with Crippen LogP contribution in [-0.4, -0.2) is 12.2 Å². The van der Waals surface area contributed by atoms with E-state index in [9.17, 15) is 9.50 Å². The molecule has 0 bridgehead atoms. The number of aliphatic hydroxyl groups is 1. The maximum absolute atomic E-state index is 13.1. The molecule has 2 rings (SSSR count). The van der Waals surface area contributed by atoms with E-state index < -0.39 is 6.10 Å². The molecule has 0 fully saturated rings. The number of hydrogen-bond donors (Lipinski definition) is 1. The minimum absolute atomic E-state index is 0.252. The number of halogens is 1. The molecule has 0 amide bonds. The molecule has 3 heteroatoms. The van der Waals surface area contributed by atoms with Crippen LogP contribution in [0.25, 0.3) is 0 Å². The summed E-state index contributed by atoms with van der Waals surface area (Å²) in [5.41, 5.74) is 3.62. The predicted molar refractivity (Wildman–Crippen MR) is 77.5 cm³/mol. The summed E-state index contributed by atoms with van der Waals surface area (Å²) < 4.78 is 18.3. The second-order valence-corrected chi connectivity index (χ2v) is 5.02. The summed E-state index contributed by atoms with van der Waals surface area (Å²) in [4.78, 5) is 0. The van der Waals surface area contributed by atoms with Crippen LogP contribution in [0.15, 0.2) is 36.4 Å². The van der Waals surface area contributed by atoms with Crippen LogP contribution in [0.1, 0.15) is 28.4 Å². The topological polar surface area (TPSA) is 29.5 Å². The van der Waals surface area contributed by atoms with Gasteiger partial charge in [0.2, 0.25) is 0 Å². The molecule has 2 nitrogen and oxygen atoms in total. The van der Waals surface area contributed by atoms with E-state index in [1.54, 1.807) is 13.2 Å². The molecule has 2 aromatic rings. The fraction of sp³-hybridized carbons (Fsp3) is 0.294. The van der Waals surface area contributed by atoms with E-state index in [0.717, 1.165) is 28.0 Å². The van der Waals surface area contributed by atoms with Crippen LogP contribution in [0, 0.1) is 19.7 Å². The molecule has 1 unspecified atom stereocenters. The molecule has 0 saturated heterocycles. The van der Waals surface area contributed by atoms with Crippen LogP contribution in [0.4, 0.5) is 4.39 Å². The fourth-order valence-corrected chi connectivity index (χ4v) is 2.26. The Kier molecular flexibility index (Phi) is 4.40. The largest absolute Gasteiger partial charge is 0.496 e. The lowest BCUT2D eigenvalue weighted by molar-refractivity contribution is 0.178. The fourth-order valence-electron chi connectivity index (χ4n) is 2.26. The van der Waals surface area contributed by atoms with Gasteiger partial charge in [-0.3, -0.25) is 0 Å². The Hall–Kier alpha value is -1.87. The molecule has 0 heterocycles. The van der Waals surface area contributed by atoms with E-state index in [2.05, 4.69) is 0 Å². The second kappa shape index (κ2) is 6.06. The monoisotopic (exact) mass is 274 g/mol. The Morgan fingerprint density at radius 3 is 2.50 bits per heavy atom. The van der Waals surface area contributed by atoms with Crippen molar-refractivity contribution in [1.29, 1.82) is 0 Å². The number of benzene rings is 2. The van der Waals surface area contributed by atoms with E-state index in [1.807, 2.05) is 32.0 Å². The van der Waals surface area contributed by atoms with Gasteiger partial charge >= 0.3 is 0 Å². The highest BCUT2D eigenvalue weighted by Crippen LogP contribution is 2.26. The van der Waals surface area contributed by atoms with Crippen LogP contribution in [0.2, 0.25) is 0 Å². The summed E-state index contributed by atoms with van der Waals surface area (Å²) in [7, 11) is 1.61. The number of hydrogen-bond acceptors (Lipinski definition) is 2. The highest BCUT2D eigenvalue weighted by molar-refractivity contribution is 5.38. The van der Waals surface area contributed by atoms with Gasteiger partial charge in [-0.15, -0.1) is 0 Å². The van der Waals surface area contributed by atoms with Crippen LogP contribution in [0.3, 0.4) is 0 Å². The molecule has 0 saturated carbocycles. The molecule has 106 valence electrons. The van der Waals surface area contributed by atoms with Crippen molar-refractivity contribution in [2.45, 2.75) is 26.4 Å². The quantitative estimate of drug-likeness (QED) is 0.920. The lowest BCUT2D eigenvalue weighted by Gasteiger charge is -2.15. The second-order valence-electron chi connectivity index (χ2n) is 5.02. The third-order valence-corrected chi connectivity index (χ3v) is 3.53. The van der Waals surface area contributed by atoms with Crippen molar-refractivity contribution in [2.24, 2.45) is 0 Å².